The Balaban J connectivity index is 2.43. The normalized spacial score (nSPS) is 10.3. The molecule has 0 aliphatic carbocycles. The van der Waals surface area contributed by atoms with Crippen LogP contribution in [0.3, 0.4) is 0 Å². The van der Waals surface area contributed by atoms with Crippen LogP contribution in [0.15, 0.2) is 35.1 Å². The quantitative estimate of drug-likeness (QED) is 0.692. The van der Waals surface area contributed by atoms with Crippen LogP contribution in [-0.4, -0.2) is 25.8 Å². The second kappa shape index (κ2) is 4.57. The van der Waals surface area contributed by atoms with Gasteiger partial charge in [-0.25, -0.2) is 9.48 Å². The third kappa shape index (κ3) is 2.09. The average molecular weight is 312 g/mol. The Hall–Kier alpha value is -2.22. The first-order chi connectivity index (χ1) is 8.50. The van der Waals surface area contributed by atoms with Gasteiger partial charge in [0.05, 0.1) is 16.8 Å². The zero-order chi connectivity index (χ0) is 13.3. The zero-order valence-electron chi connectivity index (χ0n) is 8.78. The van der Waals surface area contributed by atoms with E-state index < -0.39 is 10.9 Å². The van der Waals surface area contributed by atoms with Gasteiger partial charge in [0.1, 0.15) is 10.2 Å². The number of aromatic nitrogens is 2. The van der Waals surface area contributed by atoms with Crippen LogP contribution in [-0.2, 0) is 0 Å². The zero-order valence-corrected chi connectivity index (χ0v) is 10.4. The van der Waals surface area contributed by atoms with E-state index in [0.717, 1.165) is 0 Å². The first-order valence-electron chi connectivity index (χ1n) is 4.72. The molecule has 1 N–H and O–H groups in total. The third-order valence-corrected chi connectivity index (χ3v) is 3.01. The van der Waals surface area contributed by atoms with Gasteiger partial charge < -0.3 is 5.11 Å². The fourth-order valence-corrected chi connectivity index (χ4v) is 1.94. The van der Waals surface area contributed by atoms with Crippen molar-refractivity contribution in [3.63, 3.8) is 0 Å². The maximum Gasteiger partial charge on any atom is 0.340 e. The summed E-state index contributed by atoms with van der Waals surface area (Å²) in [4.78, 5) is 20.8. The number of hydrogen-bond acceptors (Lipinski definition) is 4. The second-order valence-corrected chi connectivity index (χ2v) is 4.09. The van der Waals surface area contributed by atoms with E-state index in [1.54, 1.807) is 0 Å². The Morgan fingerprint density at radius 2 is 2.00 bits per heavy atom. The molecule has 2 aromatic rings. The summed E-state index contributed by atoms with van der Waals surface area (Å²) in [7, 11) is 0. The highest BCUT2D eigenvalue weighted by Gasteiger charge is 2.15. The van der Waals surface area contributed by atoms with Gasteiger partial charge in [-0.3, -0.25) is 10.1 Å². The molecule has 0 atom stereocenters. The first kappa shape index (κ1) is 12.2. The lowest BCUT2D eigenvalue weighted by Gasteiger charge is -2.02. The van der Waals surface area contributed by atoms with Crippen LogP contribution in [0.1, 0.15) is 10.4 Å². The molecule has 0 fully saturated rings. The molecule has 0 unspecified atom stereocenters. The monoisotopic (exact) mass is 311 g/mol. The van der Waals surface area contributed by atoms with Gasteiger partial charge in [0.2, 0.25) is 0 Å². The Kier molecular flexibility index (Phi) is 3.11. The van der Waals surface area contributed by atoms with Crippen molar-refractivity contribution in [3.05, 3.63) is 50.7 Å². The van der Waals surface area contributed by atoms with E-state index in [0.29, 0.717) is 5.69 Å². The Labute approximate surface area is 109 Å². The second-order valence-electron chi connectivity index (χ2n) is 3.34. The lowest BCUT2D eigenvalue weighted by atomic mass is 10.3. The van der Waals surface area contributed by atoms with E-state index in [-0.39, 0.29) is 15.9 Å². The highest BCUT2D eigenvalue weighted by atomic mass is 79.9. The number of hydrogen-bond donors (Lipinski definition) is 1. The fraction of sp³-hybridized carbons (Fsp3) is 0. The fourth-order valence-electron chi connectivity index (χ4n) is 1.37. The van der Waals surface area contributed by atoms with Crippen molar-refractivity contribution in [2.75, 3.05) is 0 Å². The van der Waals surface area contributed by atoms with E-state index in [2.05, 4.69) is 21.0 Å². The van der Waals surface area contributed by atoms with E-state index in [1.165, 1.54) is 35.1 Å². The van der Waals surface area contributed by atoms with Crippen molar-refractivity contribution in [3.8, 4) is 5.69 Å². The van der Waals surface area contributed by atoms with Crippen LogP contribution in [0.4, 0.5) is 5.69 Å². The summed E-state index contributed by atoms with van der Waals surface area (Å²) in [6.07, 6.45) is 1.20. The Morgan fingerprint density at radius 1 is 1.39 bits per heavy atom. The molecule has 92 valence electrons. The summed E-state index contributed by atoms with van der Waals surface area (Å²) in [6.45, 7) is 0. The number of benzene rings is 1. The van der Waals surface area contributed by atoms with Crippen molar-refractivity contribution in [1.29, 1.82) is 0 Å². The van der Waals surface area contributed by atoms with Gasteiger partial charge in [0.15, 0.2) is 0 Å². The van der Waals surface area contributed by atoms with E-state index in [1.807, 2.05) is 0 Å². The number of rotatable bonds is 3. The largest absolute Gasteiger partial charge is 0.478 e. The molecular formula is C10H6BrN3O4. The van der Waals surface area contributed by atoms with Gasteiger partial charge >= 0.3 is 5.97 Å². The molecule has 0 amide bonds. The SMILES string of the molecule is O=C(O)c1cnn(-c2ccc([N+](=O)[O-])cc2)c1Br. The average Bonchev–Trinajstić information content (AvgIpc) is 2.71. The van der Waals surface area contributed by atoms with Crippen molar-refractivity contribution in [2.24, 2.45) is 0 Å². The molecule has 1 heterocycles. The summed E-state index contributed by atoms with van der Waals surface area (Å²) < 4.78 is 1.62. The molecule has 1 aromatic heterocycles. The molecule has 18 heavy (non-hydrogen) atoms. The van der Waals surface area contributed by atoms with Crippen LogP contribution in [0.2, 0.25) is 0 Å². The summed E-state index contributed by atoms with van der Waals surface area (Å²) in [5.41, 5.74) is 0.508. The standard InChI is InChI=1S/C10H6BrN3O4/c11-9-8(10(15)16)5-12-13(9)6-1-3-7(4-2-6)14(17)18/h1-5H,(H,15,16). The third-order valence-electron chi connectivity index (χ3n) is 2.25. The van der Waals surface area contributed by atoms with Gasteiger partial charge in [0, 0.05) is 12.1 Å². The molecule has 0 bridgehead atoms. The number of carboxylic acids is 1. The van der Waals surface area contributed by atoms with Gasteiger partial charge in [-0.2, -0.15) is 5.10 Å². The minimum Gasteiger partial charge on any atom is -0.478 e. The number of nitro benzene ring substituents is 1. The van der Waals surface area contributed by atoms with E-state index in [9.17, 15) is 14.9 Å². The molecule has 0 spiro atoms. The smallest absolute Gasteiger partial charge is 0.340 e. The number of aromatic carboxylic acids is 1. The number of carboxylic acid groups (broad SMARTS) is 1. The van der Waals surface area contributed by atoms with Crippen molar-refractivity contribution in [2.45, 2.75) is 0 Å². The molecule has 0 radical (unpaired) electrons. The molecular weight excluding hydrogens is 306 g/mol. The van der Waals surface area contributed by atoms with Crippen LogP contribution in [0, 0.1) is 10.1 Å². The predicted molar refractivity (Wildman–Crippen MR) is 64.9 cm³/mol. The van der Waals surface area contributed by atoms with Crippen LogP contribution < -0.4 is 0 Å². The number of nitro groups is 1. The minimum atomic E-state index is -1.10. The molecule has 7 nitrogen and oxygen atoms in total. The Bertz CT molecular complexity index is 621. The number of nitrogens with zero attached hydrogens (tertiary/aromatic N) is 3. The van der Waals surface area contributed by atoms with Crippen LogP contribution >= 0.6 is 15.9 Å². The van der Waals surface area contributed by atoms with Crippen molar-refractivity contribution >= 4 is 27.6 Å². The first-order valence-corrected chi connectivity index (χ1v) is 5.51. The summed E-state index contributed by atoms with van der Waals surface area (Å²) in [5.74, 6) is -1.10. The van der Waals surface area contributed by atoms with E-state index in [4.69, 9.17) is 5.11 Å². The highest BCUT2D eigenvalue weighted by molar-refractivity contribution is 9.10. The lowest BCUT2D eigenvalue weighted by Crippen LogP contribution is -1.99. The van der Waals surface area contributed by atoms with Gasteiger partial charge in [-0.1, -0.05) is 0 Å². The number of non-ortho nitro benzene ring substituents is 1. The van der Waals surface area contributed by atoms with Gasteiger partial charge in [-0.05, 0) is 28.1 Å². The summed E-state index contributed by atoms with van der Waals surface area (Å²) in [5, 5.41) is 23.3. The maximum absolute atomic E-state index is 10.8. The van der Waals surface area contributed by atoms with Crippen molar-refractivity contribution < 1.29 is 14.8 Å². The summed E-state index contributed by atoms with van der Waals surface area (Å²) >= 11 is 3.12. The van der Waals surface area contributed by atoms with Crippen molar-refractivity contribution in [1.82, 2.24) is 9.78 Å². The van der Waals surface area contributed by atoms with E-state index >= 15 is 0 Å². The molecule has 0 aliphatic heterocycles. The van der Waals surface area contributed by atoms with Gasteiger partial charge in [0.25, 0.3) is 5.69 Å². The topological polar surface area (TPSA) is 98.3 Å². The van der Waals surface area contributed by atoms with Gasteiger partial charge in [-0.15, -0.1) is 0 Å². The Morgan fingerprint density at radius 3 is 2.44 bits per heavy atom. The molecule has 8 heteroatoms. The minimum absolute atomic E-state index is 0.0216. The van der Waals surface area contributed by atoms with Crippen LogP contribution in [0.25, 0.3) is 5.69 Å². The highest BCUT2D eigenvalue weighted by Crippen LogP contribution is 2.22. The predicted octanol–water partition coefficient (Wildman–Crippen LogP) is 2.24. The van der Waals surface area contributed by atoms with Crippen LogP contribution in [0.5, 0.6) is 0 Å². The molecule has 0 saturated carbocycles. The summed E-state index contributed by atoms with van der Waals surface area (Å²) in [6, 6.07) is 5.62. The molecule has 0 saturated heterocycles. The molecule has 0 aliphatic rings. The lowest BCUT2D eigenvalue weighted by molar-refractivity contribution is -0.384. The number of carbonyl (C=O) groups is 1. The maximum atomic E-state index is 10.8. The molecule has 1 aromatic carbocycles. The number of halogens is 1. The molecule has 2 rings (SSSR count).